The highest BCUT2D eigenvalue weighted by Gasteiger charge is 2.04. The number of carbonyl (C=O) groups is 2. The number of phenols is 1. The van der Waals surface area contributed by atoms with Crippen LogP contribution in [-0.2, 0) is 4.79 Å². The summed E-state index contributed by atoms with van der Waals surface area (Å²) >= 11 is 0. The van der Waals surface area contributed by atoms with Gasteiger partial charge in [0.05, 0.1) is 0 Å². The van der Waals surface area contributed by atoms with Gasteiger partial charge < -0.3 is 9.84 Å². The zero-order chi connectivity index (χ0) is 14.4. The van der Waals surface area contributed by atoms with E-state index in [2.05, 4.69) is 0 Å². The van der Waals surface area contributed by atoms with Gasteiger partial charge in [-0.2, -0.15) is 0 Å². The smallest absolute Gasteiger partial charge is 0.336 e. The summed E-state index contributed by atoms with van der Waals surface area (Å²) < 4.78 is 5.00. The molecule has 100 valence electrons. The highest BCUT2D eigenvalue weighted by Crippen LogP contribution is 2.11. The van der Waals surface area contributed by atoms with Gasteiger partial charge in [-0.3, -0.25) is 4.79 Å². The molecule has 0 fully saturated rings. The Morgan fingerprint density at radius 2 is 1.55 bits per heavy atom. The first-order valence-electron chi connectivity index (χ1n) is 5.93. The van der Waals surface area contributed by atoms with E-state index in [1.165, 1.54) is 24.3 Å². The number of rotatable bonds is 4. The van der Waals surface area contributed by atoms with Gasteiger partial charge >= 0.3 is 5.97 Å². The summed E-state index contributed by atoms with van der Waals surface area (Å²) in [6, 6.07) is 14.4. The number of ether oxygens (including phenoxy) is 1. The van der Waals surface area contributed by atoms with E-state index in [9.17, 15) is 9.59 Å². The number of aromatic hydroxyl groups is 1. The van der Waals surface area contributed by atoms with Crippen molar-refractivity contribution in [1.82, 2.24) is 0 Å². The summed E-state index contributed by atoms with van der Waals surface area (Å²) in [5.74, 6) is -0.466. The second-order valence-electron chi connectivity index (χ2n) is 3.98. The zero-order valence-electron chi connectivity index (χ0n) is 10.5. The van der Waals surface area contributed by atoms with Crippen LogP contribution in [0.5, 0.6) is 11.5 Å². The van der Waals surface area contributed by atoms with Crippen LogP contribution in [0.2, 0.25) is 0 Å². The standard InChI is InChI=1S/C16H12O4/c17-13-8-6-12(7-9-13)15(18)10-11-16(19)20-14-4-2-1-3-5-14/h1-11,17H. The molecule has 0 heterocycles. The molecule has 4 heteroatoms. The summed E-state index contributed by atoms with van der Waals surface area (Å²) in [5, 5.41) is 9.12. The van der Waals surface area contributed by atoms with Crippen molar-refractivity contribution in [2.45, 2.75) is 0 Å². The van der Waals surface area contributed by atoms with E-state index in [1.54, 1.807) is 24.3 Å². The minimum Gasteiger partial charge on any atom is -0.508 e. The highest BCUT2D eigenvalue weighted by molar-refractivity contribution is 6.07. The molecule has 0 atom stereocenters. The molecule has 2 aromatic rings. The van der Waals surface area contributed by atoms with E-state index < -0.39 is 5.97 Å². The van der Waals surface area contributed by atoms with Gasteiger partial charge in [0.2, 0.25) is 0 Å². The van der Waals surface area contributed by atoms with Crippen LogP contribution in [0.1, 0.15) is 10.4 Å². The quantitative estimate of drug-likeness (QED) is 0.401. The van der Waals surface area contributed by atoms with Gasteiger partial charge in [-0.05, 0) is 42.5 Å². The fourth-order valence-corrected chi connectivity index (χ4v) is 1.50. The molecule has 0 spiro atoms. The minimum absolute atomic E-state index is 0.0778. The fourth-order valence-electron chi connectivity index (χ4n) is 1.50. The SMILES string of the molecule is O=C(C=CC(=O)c1ccc(O)cc1)Oc1ccccc1. The zero-order valence-corrected chi connectivity index (χ0v) is 10.5. The highest BCUT2D eigenvalue weighted by atomic mass is 16.5. The van der Waals surface area contributed by atoms with E-state index >= 15 is 0 Å². The van der Waals surface area contributed by atoms with Crippen LogP contribution in [0.15, 0.2) is 66.7 Å². The van der Waals surface area contributed by atoms with Crippen molar-refractivity contribution < 1.29 is 19.4 Å². The van der Waals surface area contributed by atoms with Crippen LogP contribution < -0.4 is 4.74 Å². The number of hydrogen-bond acceptors (Lipinski definition) is 4. The molecule has 4 nitrogen and oxygen atoms in total. The summed E-state index contributed by atoms with van der Waals surface area (Å²) in [7, 11) is 0. The van der Waals surface area contributed by atoms with Crippen molar-refractivity contribution in [3.8, 4) is 11.5 Å². The van der Waals surface area contributed by atoms with Gasteiger partial charge in [-0.1, -0.05) is 18.2 Å². The van der Waals surface area contributed by atoms with E-state index in [4.69, 9.17) is 9.84 Å². The Hall–Kier alpha value is -2.88. The molecule has 0 saturated heterocycles. The molecule has 0 bridgehead atoms. The van der Waals surface area contributed by atoms with Gasteiger partial charge in [-0.25, -0.2) is 4.79 Å². The first-order chi connectivity index (χ1) is 9.65. The third-order valence-electron chi connectivity index (χ3n) is 2.48. The Labute approximate surface area is 115 Å². The van der Waals surface area contributed by atoms with Gasteiger partial charge in [0.25, 0.3) is 0 Å². The van der Waals surface area contributed by atoms with Crippen molar-refractivity contribution in [3.05, 3.63) is 72.3 Å². The molecule has 0 radical (unpaired) electrons. The van der Waals surface area contributed by atoms with E-state index in [-0.39, 0.29) is 11.5 Å². The second kappa shape index (κ2) is 6.33. The normalized spacial score (nSPS) is 10.4. The number of allylic oxidation sites excluding steroid dienone is 1. The number of benzene rings is 2. The van der Waals surface area contributed by atoms with Crippen LogP contribution >= 0.6 is 0 Å². The van der Waals surface area contributed by atoms with Gasteiger partial charge in [0, 0.05) is 11.6 Å². The maximum Gasteiger partial charge on any atom is 0.336 e. The minimum atomic E-state index is -0.622. The molecular formula is C16H12O4. The lowest BCUT2D eigenvalue weighted by molar-refractivity contribution is -0.129. The van der Waals surface area contributed by atoms with Crippen LogP contribution in [0, 0.1) is 0 Å². The predicted octanol–water partition coefficient (Wildman–Crippen LogP) is 2.74. The summed E-state index contributed by atoms with van der Waals surface area (Å²) in [5.41, 5.74) is 0.381. The molecule has 2 rings (SSSR count). The summed E-state index contributed by atoms with van der Waals surface area (Å²) in [6.07, 6.45) is 2.21. The number of para-hydroxylation sites is 1. The molecule has 0 saturated carbocycles. The van der Waals surface area contributed by atoms with Gasteiger partial charge in [0.1, 0.15) is 11.5 Å². The lowest BCUT2D eigenvalue weighted by Gasteiger charge is -1.99. The predicted molar refractivity (Wildman–Crippen MR) is 73.7 cm³/mol. The van der Waals surface area contributed by atoms with Crippen molar-refractivity contribution >= 4 is 11.8 Å². The number of esters is 1. The molecule has 0 aliphatic carbocycles. The molecular weight excluding hydrogens is 256 g/mol. The Morgan fingerprint density at radius 1 is 0.900 bits per heavy atom. The summed E-state index contributed by atoms with van der Waals surface area (Å²) in [4.78, 5) is 23.2. The molecule has 0 amide bonds. The average Bonchev–Trinajstić information content (AvgIpc) is 2.46. The Balaban J connectivity index is 1.97. The number of ketones is 1. The maximum atomic E-state index is 11.7. The average molecular weight is 268 g/mol. The molecule has 2 aromatic carbocycles. The molecule has 0 aliphatic heterocycles. The topological polar surface area (TPSA) is 63.6 Å². The number of carbonyl (C=O) groups excluding carboxylic acids is 2. The van der Waals surface area contributed by atoms with Gasteiger partial charge in [-0.15, -0.1) is 0 Å². The lowest BCUT2D eigenvalue weighted by atomic mass is 10.1. The van der Waals surface area contributed by atoms with E-state index in [0.29, 0.717) is 11.3 Å². The van der Waals surface area contributed by atoms with Crippen molar-refractivity contribution in [2.75, 3.05) is 0 Å². The molecule has 0 unspecified atom stereocenters. The lowest BCUT2D eigenvalue weighted by Crippen LogP contribution is -2.05. The molecule has 0 aromatic heterocycles. The van der Waals surface area contributed by atoms with Crippen LogP contribution in [0.25, 0.3) is 0 Å². The second-order valence-corrected chi connectivity index (χ2v) is 3.98. The summed E-state index contributed by atoms with van der Waals surface area (Å²) in [6.45, 7) is 0. The largest absolute Gasteiger partial charge is 0.508 e. The molecule has 1 N–H and O–H groups in total. The number of phenolic OH excluding ortho intramolecular Hbond substituents is 1. The fraction of sp³-hybridized carbons (Fsp3) is 0. The van der Waals surface area contributed by atoms with Crippen molar-refractivity contribution in [2.24, 2.45) is 0 Å². The maximum absolute atomic E-state index is 11.7. The van der Waals surface area contributed by atoms with Crippen LogP contribution in [-0.4, -0.2) is 16.9 Å². The molecule has 0 aliphatic rings. The van der Waals surface area contributed by atoms with Crippen LogP contribution in [0.4, 0.5) is 0 Å². The first kappa shape index (κ1) is 13.5. The van der Waals surface area contributed by atoms with Gasteiger partial charge in [0.15, 0.2) is 5.78 Å². The third-order valence-corrected chi connectivity index (χ3v) is 2.48. The first-order valence-corrected chi connectivity index (χ1v) is 5.93. The van der Waals surface area contributed by atoms with E-state index in [0.717, 1.165) is 12.2 Å². The van der Waals surface area contributed by atoms with Crippen molar-refractivity contribution in [3.63, 3.8) is 0 Å². The van der Waals surface area contributed by atoms with Crippen LogP contribution in [0.3, 0.4) is 0 Å². The molecule has 20 heavy (non-hydrogen) atoms. The third kappa shape index (κ3) is 3.81. The Morgan fingerprint density at radius 3 is 2.20 bits per heavy atom. The number of hydrogen-bond donors (Lipinski definition) is 1. The Kier molecular flexibility index (Phi) is 4.29. The van der Waals surface area contributed by atoms with Crippen molar-refractivity contribution in [1.29, 1.82) is 0 Å². The monoisotopic (exact) mass is 268 g/mol. The van der Waals surface area contributed by atoms with E-state index in [1.807, 2.05) is 6.07 Å². The Bertz CT molecular complexity index is 627.